The number of amides is 2. The van der Waals surface area contributed by atoms with Gasteiger partial charge in [-0.05, 0) is 36.5 Å². The van der Waals surface area contributed by atoms with Crippen LogP contribution in [0.25, 0.3) is 0 Å². The quantitative estimate of drug-likeness (QED) is 0.696. The van der Waals surface area contributed by atoms with Crippen LogP contribution in [0.5, 0.6) is 0 Å². The molecule has 8 heteroatoms. The van der Waals surface area contributed by atoms with Crippen molar-refractivity contribution in [3.63, 3.8) is 0 Å². The highest BCUT2D eigenvalue weighted by molar-refractivity contribution is 5.95. The average molecular weight is 406 g/mol. The Hall–Kier alpha value is -3.42. The van der Waals surface area contributed by atoms with Gasteiger partial charge in [-0.1, -0.05) is 41.9 Å². The van der Waals surface area contributed by atoms with Gasteiger partial charge in [0.05, 0.1) is 5.41 Å². The average Bonchev–Trinajstić information content (AvgIpc) is 3.50. The fourth-order valence-electron chi connectivity index (χ4n) is 4.84. The first-order valence-corrected chi connectivity index (χ1v) is 10.1. The molecule has 1 aliphatic carbocycles. The van der Waals surface area contributed by atoms with Crippen molar-refractivity contribution in [3.05, 3.63) is 71.3 Å². The Labute approximate surface area is 173 Å². The molecule has 8 nitrogen and oxygen atoms in total. The van der Waals surface area contributed by atoms with E-state index in [0.717, 1.165) is 24.8 Å². The van der Waals surface area contributed by atoms with Crippen molar-refractivity contribution in [1.29, 1.82) is 0 Å². The van der Waals surface area contributed by atoms with Gasteiger partial charge in [0, 0.05) is 19.5 Å². The van der Waals surface area contributed by atoms with Gasteiger partial charge in [-0.15, -0.1) is 0 Å². The molecule has 2 aromatic heterocycles. The number of carbonyl (C=O) groups is 2. The summed E-state index contributed by atoms with van der Waals surface area (Å²) in [6.45, 7) is 1.10. The maximum atomic E-state index is 12.9. The van der Waals surface area contributed by atoms with E-state index in [2.05, 4.69) is 5.16 Å². The summed E-state index contributed by atoms with van der Waals surface area (Å²) in [6.07, 6.45) is 3.58. The van der Waals surface area contributed by atoms with Gasteiger partial charge in [0.15, 0.2) is 17.3 Å². The minimum atomic E-state index is -0.694. The number of aromatic nitrogens is 2. The Morgan fingerprint density at radius 1 is 1.17 bits per heavy atom. The van der Waals surface area contributed by atoms with Gasteiger partial charge in [-0.2, -0.15) is 4.98 Å². The monoisotopic (exact) mass is 406 g/mol. The summed E-state index contributed by atoms with van der Waals surface area (Å²) in [5, 5.41) is 4.20. The molecule has 2 atom stereocenters. The van der Waals surface area contributed by atoms with Gasteiger partial charge >= 0.3 is 0 Å². The van der Waals surface area contributed by atoms with Crippen molar-refractivity contribution in [1.82, 2.24) is 15.0 Å². The zero-order valence-corrected chi connectivity index (χ0v) is 16.4. The molecule has 3 aromatic rings. The Bertz CT molecular complexity index is 1090. The van der Waals surface area contributed by atoms with Crippen molar-refractivity contribution < 1.29 is 18.5 Å². The van der Waals surface area contributed by atoms with Crippen LogP contribution in [-0.2, 0) is 11.8 Å². The third-order valence-corrected chi connectivity index (χ3v) is 6.32. The van der Waals surface area contributed by atoms with Crippen molar-refractivity contribution in [3.8, 4) is 0 Å². The van der Waals surface area contributed by atoms with Crippen LogP contribution in [0, 0.1) is 5.92 Å². The highest BCUT2D eigenvalue weighted by Crippen LogP contribution is 2.50. The first kappa shape index (κ1) is 18.6. The number of furan rings is 1. The molecule has 0 spiro atoms. The molecule has 0 bridgehead atoms. The second kappa shape index (κ2) is 7.12. The lowest BCUT2D eigenvalue weighted by Crippen LogP contribution is -2.34. The predicted octanol–water partition coefficient (Wildman–Crippen LogP) is 2.55. The van der Waals surface area contributed by atoms with Crippen LogP contribution in [0.2, 0.25) is 0 Å². The van der Waals surface area contributed by atoms with E-state index in [1.165, 1.54) is 12.1 Å². The van der Waals surface area contributed by atoms with E-state index in [9.17, 15) is 9.59 Å². The van der Waals surface area contributed by atoms with E-state index < -0.39 is 5.91 Å². The van der Waals surface area contributed by atoms with E-state index in [-0.39, 0.29) is 28.8 Å². The molecule has 0 radical (unpaired) electrons. The Balaban J connectivity index is 1.37. The zero-order chi connectivity index (χ0) is 20.7. The number of nitrogens with two attached hydrogens (primary N) is 1. The number of primary amides is 1. The fourth-order valence-corrected chi connectivity index (χ4v) is 4.84. The fraction of sp³-hybridized carbons (Fsp3) is 0.364. The molecule has 1 saturated carbocycles. The molecular weight excluding hydrogens is 384 g/mol. The van der Waals surface area contributed by atoms with E-state index >= 15 is 0 Å². The molecule has 1 saturated heterocycles. The van der Waals surface area contributed by atoms with Crippen LogP contribution >= 0.6 is 0 Å². The Kier molecular flexibility index (Phi) is 4.42. The number of hydrogen-bond acceptors (Lipinski definition) is 6. The molecule has 5 rings (SSSR count). The standard InChI is InChI=1S/C22H22N4O4/c23-19(27)16-8-9-17(29-16)20(28)26-12-15-7-4-10-22(15,13-26)21-24-18(25-30-21)11-14-5-2-1-3-6-14/h1-3,5-6,8-9,15H,4,7,10-13H2,(H2,23,27)/t15-,22-/m1/s1. The lowest BCUT2D eigenvalue weighted by molar-refractivity contribution is 0.0740. The molecule has 2 N–H and O–H groups in total. The number of hydrogen-bond donors (Lipinski definition) is 1. The Morgan fingerprint density at radius 3 is 2.73 bits per heavy atom. The first-order chi connectivity index (χ1) is 14.5. The SMILES string of the molecule is NC(=O)c1ccc(C(=O)N2C[C@H]3CCC[C@@]3(c3nc(Cc4ccccc4)no3)C2)o1. The third-order valence-electron chi connectivity index (χ3n) is 6.32. The lowest BCUT2D eigenvalue weighted by atomic mass is 9.80. The largest absolute Gasteiger partial charge is 0.446 e. The maximum Gasteiger partial charge on any atom is 0.289 e. The second-order valence-corrected chi connectivity index (χ2v) is 8.14. The van der Waals surface area contributed by atoms with Crippen LogP contribution < -0.4 is 5.73 Å². The van der Waals surface area contributed by atoms with Gasteiger partial charge in [0.25, 0.3) is 11.8 Å². The smallest absolute Gasteiger partial charge is 0.289 e. The molecular formula is C22H22N4O4. The number of rotatable bonds is 5. The highest BCUT2D eigenvalue weighted by atomic mass is 16.5. The van der Waals surface area contributed by atoms with Gasteiger partial charge in [0.2, 0.25) is 5.89 Å². The minimum Gasteiger partial charge on any atom is -0.446 e. The molecule has 30 heavy (non-hydrogen) atoms. The van der Waals surface area contributed by atoms with Crippen LogP contribution in [0.15, 0.2) is 51.4 Å². The van der Waals surface area contributed by atoms with E-state index in [1.54, 1.807) is 4.90 Å². The van der Waals surface area contributed by atoms with Crippen LogP contribution in [0.1, 0.15) is 57.7 Å². The molecule has 2 aliphatic rings. The van der Waals surface area contributed by atoms with Crippen LogP contribution in [-0.4, -0.2) is 39.9 Å². The molecule has 1 aliphatic heterocycles. The van der Waals surface area contributed by atoms with Crippen molar-refractivity contribution in [2.75, 3.05) is 13.1 Å². The summed E-state index contributed by atoms with van der Waals surface area (Å²) in [7, 11) is 0. The van der Waals surface area contributed by atoms with E-state index in [0.29, 0.717) is 31.2 Å². The molecule has 2 fully saturated rings. The third kappa shape index (κ3) is 3.08. The van der Waals surface area contributed by atoms with E-state index in [4.69, 9.17) is 19.7 Å². The summed E-state index contributed by atoms with van der Waals surface area (Å²) >= 11 is 0. The van der Waals surface area contributed by atoms with Gasteiger partial charge in [-0.3, -0.25) is 9.59 Å². The molecule has 0 unspecified atom stereocenters. The van der Waals surface area contributed by atoms with E-state index in [1.807, 2.05) is 30.3 Å². The maximum absolute atomic E-state index is 12.9. The summed E-state index contributed by atoms with van der Waals surface area (Å²) in [5.74, 6) is 0.684. The topological polar surface area (TPSA) is 115 Å². The number of likely N-dealkylation sites (tertiary alicyclic amines) is 1. The summed E-state index contributed by atoms with van der Waals surface area (Å²) in [5.41, 5.74) is 6.02. The van der Waals surface area contributed by atoms with Crippen molar-refractivity contribution in [2.45, 2.75) is 31.1 Å². The van der Waals surface area contributed by atoms with Crippen molar-refractivity contribution in [2.24, 2.45) is 11.7 Å². The predicted molar refractivity (Wildman–Crippen MR) is 106 cm³/mol. The Morgan fingerprint density at radius 2 is 1.97 bits per heavy atom. The highest BCUT2D eigenvalue weighted by Gasteiger charge is 2.55. The number of carbonyl (C=O) groups excluding carboxylic acids is 2. The molecule has 3 heterocycles. The molecule has 2 amide bonds. The van der Waals surface area contributed by atoms with Crippen molar-refractivity contribution >= 4 is 11.8 Å². The number of fused-ring (bicyclic) bond motifs is 1. The zero-order valence-electron chi connectivity index (χ0n) is 16.4. The van der Waals surface area contributed by atoms with Gasteiger partial charge in [0.1, 0.15) is 0 Å². The van der Waals surface area contributed by atoms with Crippen LogP contribution in [0.3, 0.4) is 0 Å². The second-order valence-electron chi connectivity index (χ2n) is 8.14. The normalized spacial score (nSPS) is 22.9. The molecule has 1 aromatic carbocycles. The van der Waals surface area contributed by atoms with Crippen LogP contribution in [0.4, 0.5) is 0 Å². The number of benzene rings is 1. The molecule has 154 valence electrons. The van der Waals surface area contributed by atoms with Gasteiger partial charge in [-0.25, -0.2) is 0 Å². The first-order valence-electron chi connectivity index (χ1n) is 10.1. The minimum absolute atomic E-state index is 0.0186. The summed E-state index contributed by atoms with van der Waals surface area (Å²) in [6, 6.07) is 12.9. The summed E-state index contributed by atoms with van der Waals surface area (Å²) in [4.78, 5) is 30.7. The van der Waals surface area contributed by atoms with Gasteiger partial charge < -0.3 is 19.6 Å². The lowest BCUT2D eigenvalue weighted by Gasteiger charge is -2.23. The number of nitrogens with zero attached hydrogens (tertiary/aromatic N) is 3. The summed E-state index contributed by atoms with van der Waals surface area (Å²) < 4.78 is 11.0.